The number of rotatable bonds is 7. The molecule has 0 fully saturated rings. The molecule has 32 heavy (non-hydrogen) atoms. The number of nitrogens with zero attached hydrogens (tertiary/aromatic N) is 3. The zero-order valence-electron chi connectivity index (χ0n) is 18.0. The molecule has 166 valence electrons. The van der Waals surface area contributed by atoms with Crippen LogP contribution in [0.5, 0.6) is 5.75 Å². The summed E-state index contributed by atoms with van der Waals surface area (Å²) in [6.45, 7) is 2.64. The van der Waals surface area contributed by atoms with Crippen LogP contribution in [0.2, 0.25) is 5.02 Å². The summed E-state index contributed by atoms with van der Waals surface area (Å²) in [5.74, 6) is 1.40. The molecule has 0 saturated heterocycles. The zero-order chi connectivity index (χ0) is 22.7. The van der Waals surface area contributed by atoms with Gasteiger partial charge in [0, 0.05) is 23.4 Å². The average Bonchev–Trinajstić information content (AvgIpc) is 3.28. The molecule has 0 radical (unpaired) electrons. The first-order chi connectivity index (χ1) is 15.5. The molecular weight excluding hydrogens is 432 g/mol. The van der Waals surface area contributed by atoms with Gasteiger partial charge in [-0.15, -0.1) is 0 Å². The lowest BCUT2D eigenvalue weighted by atomic mass is 9.94. The van der Waals surface area contributed by atoms with Crippen LogP contribution < -0.4 is 10.1 Å². The van der Waals surface area contributed by atoms with E-state index in [2.05, 4.69) is 15.5 Å². The summed E-state index contributed by atoms with van der Waals surface area (Å²) in [5, 5.41) is 7.77. The molecule has 0 saturated carbocycles. The molecule has 2 aromatic carbocycles. The van der Waals surface area contributed by atoms with Crippen LogP contribution in [0, 0.1) is 0 Å². The lowest BCUT2D eigenvalue weighted by molar-refractivity contribution is 0.158. The second-order valence-corrected chi connectivity index (χ2v) is 7.67. The maximum atomic E-state index is 12.9. The number of ether oxygens (including phenoxy) is 2. The van der Waals surface area contributed by atoms with Gasteiger partial charge in [0.15, 0.2) is 0 Å². The van der Waals surface area contributed by atoms with Crippen LogP contribution in [-0.4, -0.2) is 48.4 Å². The van der Waals surface area contributed by atoms with E-state index in [9.17, 15) is 4.79 Å². The molecule has 1 N–H and O–H groups in total. The van der Waals surface area contributed by atoms with E-state index in [-0.39, 0.29) is 6.03 Å². The average molecular weight is 455 g/mol. The fourth-order valence-corrected chi connectivity index (χ4v) is 3.85. The van der Waals surface area contributed by atoms with Gasteiger partial charge < -0.3 is 19.3 Å². The minimum absolute atomic E-state index is 0.231. The van der Waals surface area contributed by atoms with Crippen molar-refractivity contribution in [3.05, 3.63) is 70.7 Å². The van der Waals surface area contributed by atoms with Crippen LogP contribution in [0.25, 0.3) is 17.0 Å². The highest BCUT2D eigenvalue weighted by Gasteiger charge is 2.35. The minimum Gasteiger partial charge on any atom is -0.497 e. The molecule has 3 aromatic rings. The summed E-state index contributed by atoms with van der Waals surface area (Å²) in [7, 11) is 3.19. The molecule has 4 rings (SSSR count). The maximum absolute atomic E-state index is 12.9. The van der Waals surface area contributed by atoms with E-state index >= 15 is 0 Å². The third kappa shape index (κ3) is 4.32. The van der Waals surface area contributed by atoms with Gasteiger partial charge in [-0.2, -0.15) is 4.98 Å². The monoisotopic (exact) mass is 454 g/mol. The molecule has 1 atom stereocenters. The number of urea groups is 1. The summed E-state index contributed by atoms with van der Waals surface area (Å²) in [5.41, 5.74) is 2.98. The first kappa shape index (κ1) is 21.9. The molecule has 1 unspecified atom stereocenters. The molecule has 1 aromatic heterocycles. The van der Waals surface area contributed by atoms with Gasteiger partial charge in [0.1, 0.15) is 5.75 Å². The van der Waals surface area contributed by atoms with Crippen molar-refractivity contribution in [2.24, 2.45) is 0 Å². The van der Waals surface area contributed by atoms with Crippen LogP contribution in [-0.2, 0) is 4.74 Å². The molecule has 1 aliphatic rings. The highest BCUT2D eigenvalue weighted by molar-refractivity contribution is 6.30. The Hall–Kier alpha value is -3.36. The van der Waals surface area contributed by atoms with Gasteiger partial charge in [-0.05, 0) is 36.8 Å². The Balaban J connectivity index is 1.81. The predicted molar refractivity (Wildman–Crippen MR) is 120 cm³/mol. The van der Waals surface area contributed by atoms with Crippen molar-refractivity contribution in [3.8, 4) is 17.1 Å². The minimum atomic E-state index is -0.496. The number of hydrogen-bond donors (Lipinski definition) is 1. The summed E-state index contributed by atoms with van der Waals surface area (Å²) >= 11 is 6.12. The third-order valence-electron chi connectivity index (χ3n) is 5.28. The predicted octanol–water partition coefficient (Wildman–Crippen LogP) is 4.54. The van der Waals surface area contributed by atoms with Gasteiger partial charge in [0.05, 0.1) is 31.9 Å². The van der Waals surface area contributed by atoms with Crippen LogP contribution in [0.4, 0.5) is 4.79 Å². The van der Waals surface area contributed by atoms with Crippen LogP contribution >= 0.6 is 11.6 Å². The summed E-state index contributed by atoms with van der Waals surface area (Å²) in [6, 6.07) is 14.0. The third-order valence-corrected chi connectivity index (χ3v) is 5.52. The van der Waals surface area contributed by atoms with Crippen molar-refractivity contribution in [2.75, 3.05) is 27.4 Å². The lowest BCUT2D eigenvalue weighted by Crippen LogP contribution is -2.47. The van der Waals surface area contributed by atoms with Gasteiger partial charge in [0.2, 0.25) is 5.82 Å². The van der Waals surface area contributed by atoms with E-state index in [0.717, 1.165) is 11.1 Å². The van der Waals surface area contributed by atoms with Gasteiger partial charge >= 0.3 is 6.03 Å². The molecule has 0 spiro atoms. The van der Waals surface area contributed by atoms with E-state index in [4.69, 9.17) is 25.6 Å². The number of aromatic nitrogens is 2. The number of allylic oxidation sites excluding steroid dienone is 1. The topological polar surface area (TPSA) is 89.7 Å². The number of halogens is 1. The Morgan fingerprint density at radius 3 is 2.75 bits per heavy atom. The van der Waals surface area contributed by atoms with Crippen LogP contribution in [0.3, 0.4) is 0 Å². The van der Waals surface area contributed by atoms with Crippen molar-refractivity contribution in [3.63, 3.8) is 0 Å². The molecule has 0 bridgehead atoms. The summed E-state index contributed by atoms with van der Waals surface area (Å²) in [6.07, 6.45) is 0. The number of nitrogens with one attached hydrogen (secondary N) is 1. The standard InChI is InChI=1S/C23H23ClN4O4/c1-14-19(22-26-21(27-32-22)16-7-4-8-17(24)12-16)20(15-6-5-9-18(13-15)31-3)25-23(29)28(14)10-11-30-2/h4-9,12-13,20H,10-11H2,1-3H3,(H,25,29). The number of methoxy groups -OCH3 is 2. The number of carbonyl (C=O) groups excluding carboxylic acids is 1. The first-order valence-electron chi connectivity index (χ1n) is 10.0. The van der Waals surface area contributed by atoms with Gasteiger partial charge in [-0.25, -0.2) is 4.79 Å². The maximum Gasteiger partial charge on any atom is 0.322 e. The van der Waals surface area contributed by atoms with E-state index in [1.807, 2.05) is 43.3 Å². The Labute approximate surface area is 190 Å². The molecule has 8 nitrogen and oxygen atoms in total. The van der Waals surface area contributed by atoms with Gasteiger partial charge in [-0.3, -0.25) is 4.90 Å². The van der Waals surface area contributed by atoms with Crippen molar-refractivity contribution in [1.29, 1.82) is 0 Å². The zero-order valence-corrected chi connectivity index (χ0v) is 18.7. The second kappa shape index (κ2) is 9.42. The Morgan fingerprint density at radius 2 is 2.00 bits per heavy atom. The Bertz CT molecular complexity index is 1160. The smallest absolute Gasteiger partial charge is 0.322 e. The lowest BCUT2D eigenvalue weighted by Gasteiger charge is -2.35. The highest BCUT2D eigenvalue weighted by atomic mass is 35.5. The van der Waals surface area contributed by atoms with E-state index in [1.54, 1.807) is 31.3 Å². The fourth-order valence-electron chi connectivity index (χ4n) is 3.66. The first-order valence-corrected chi connectivity index (χ1v) is 10.4. The molecule has 0 aliphatic carbocycles. The van der Waals surface area contributed by atoms with E-state index < -0.39 is 6.04 Å². The molecule has 9 heteroatoms. The second-order valence-electron chi connectivity index (χ2n) is 7.24. The van der Waals surface area contributed by atoms with Crippen molar-refractivity contribution in [2.45, 2.75) is 13.0 Å². The SMILES string of the molecule is COCCN1C(=O)NC(c2cccc(OC)c2)C(c2nc(-c3cccc(Cl)c3)no2)=C1C. The fraction of sp³-hybridized carbons (Fsp3) is 0.261. The van der Waals surface area contributed by atoms with Crippen LogP contribution in [0.15, 0.2) is 58.8 Å². The largest absolute Gasteiger partial charge is 0.497 e. The summed E-state index contributed by atoms with van der Waals surface area (Å²) in [4.78, 5) is 19.1. The Morgan fingerprint density at radius 1 is 1.19 bits per heavy atom. The van der Waals surface area contributed by atoms with E-state index in [1.165, 1.54) is 0 Å². The van der Waals surface area contributed by atoms with Crippen molar-refractivity contribution in [1.82, 2.24) is 20.4 Å². The molecule has 2 amide bonds. The number of carbonyl (C=O) groups is 1. The quantitative estimate of drug-likeness (QED) is 0.563. The number of benzene rings is 2. The van der Waals surface area contributed by atoms with Gasteiger partial charge in [-0.1, -0.05) is 41.0 Å². The molecular formula is C23H23ClN4O4. The number of amides is 2. The van der Waals surface area contributed by atoms with Crippen molar-refractivity contribution >= 4 is 23.2 Å². The highest BCUT2D eigenvalue weighted by Crippen LogP contribution is 2.38. The molecule has 1 aliphatic heterocycles. The number of hydrogen-bond acceptors (Lipinski definition) is 6. The van der Waals surface area contributed by atoms with Crippen molar-refractivity contribution < 1.29 is 18.8 Å². The normalized spacial score (nSPS) is 16.3. The van der Waals surface area contributed by atoms with E-state index in [0.29, 0.717) is 46.9 Å². The van der Waals surface area contributed by atoms with Gasteiger partial charge in [0.25, 0.3) is 5.89 Å². The Kier molecular flexibility index (Phi) is 6.43. The van der Waals surface area contributed by atoms with Crippen LogP contribution in [0.1, 0.15) is 24.4 Å². The summed E-state index contributed by atoms with van der Waals surface area (Å²) < 4.78 is 16.2. The molecule has 2 heterocycles.